The summed E-state index contributed by atoms with van der Waals surface area (Å²) in [6, 6.07) is 16.5. The maximum atomic E-state index is 9.71. The number of benzene rings is 2. The van der Waals surface area contributed by atoms with Crippen molar-refractivity contribution in [2.75, 3.05) is 6.54 Å². The van der Waals surface area contributed by atoms with Crippen LogP contribution in [0.2, 0.25) is 0 Å². The van der Waals surface area contributed by atoms with Crippen LogP contribution in [-0.4, -0.2) is 33.7 Å². The van der Waals surface area contributed by atoms with Crippen molar-refractivity contribution in [3.05, 3.63) is 65.2 Å². The van der Waals surface area contributed by atoms with Crippen LogP contribution >= 0.6 is 0 Å². The van der Waals surface area contributed by atoms with Crippen LogP contribution in [-0.2, 0) is 13.0 Å². The zero-order valence-electron chi connectivity index (χ0n) is 16.2. The Morgan fingerprint density at radius 1 is 0.880 bits per heavy atom. The SMILES string of the molecule is CCN(C(C)C)C(C)C.OCc1ccc(O)c(Cc2ccccc2)c1. The van der Waals surface area contributed by atoms with E-state index in [0.717, 1.165) is 23.2 Å². The standard InChI is InChI=1S/C14H14O2.C8H19N/c15-10-12-6-7-14(16)13(9-12)8-11-4-2-1-3-5-11;1-6-9(7(2)3)8(4)5/h1-7,9,15-16H,8,10H2;7-8H,6H2,1-5H3. The summed E-state index contributed by atoms with van der Waals surface area (Å²) in [5, 5.41) is 18.7. The van der Waals surface area contributed by atoms with Gasteiger partial charge in [0, 0.05) is 18.5 Å². The van der Waals surface area contributed by atoms with E-state index in [1.807, 2.05) is 36.4 Å². The normalized spacial score (nSPS) is 10.9. The van der Waals surface area contributed by atoms with Crippen LogP contribution in [0.15, 0.2) is 48.5 Å². The van der Waals surface area contributed by atoms with Gasteiger partial charge in [0.1, 0.15) is 5.75 Å². The largest absolute Gasteiger partial charge is 0.508 e. The number of nitrogens with zero attached hydrogens (tertiary/aromatic N) is 1. The second kappa shape index (κ2) is 10.9. The van der Waals surface area contributed by atoms with Gasteiger partial charge in [0.25, 0.3) is 0 Å². The van der Waals surface area contributed by atoms with Crippen molar-refractivity contribution in [3.8, 4) is 5.75 Å². The van der Waals surface area contributed by atoms with E-state index in [-0.39, 0.29) is 12.4 Å². The van der Waals surface area contributed by atoms with Crippen molar-refractivity contribution in [3.63, 3.8) is 0 Å². The highest BCUT2D eigenvalue weighted by Gasteiger charge is 2.09. The van der Waals surface area contributed by atoms with Gasteiger partial charge in [0.15, 0.2) is 0 Å². The number of hydrogen-bond acceptors (Lipinski definition) is 3. The minimum Gasteiger partial charge on any atom is -0.508 e. The molecular weight excluding hydrogens is 310 g/mol. The molecule has 25 heavy (non-hydrogen) atoms. The van der Waals surface area contributed by atoms with Gasteiger partial charge >= 0.3 is 0 Å². The molecule has 0 aliphatic rings. The molecule has 3 heteroatoms. The summed E-state index contributed by atoms with van der Waals surface area (Å²) in [6.07, 6.45) is 0.681. The number of phenols is 1. The molecule has 0 aromatic heterocycles. The molecule has 0 bridgehead atoms. The van der Waals surface area contributed by atoms with Gasteiger partial charge in [-0.15, -0.1) is 0 Å². The molecule has 0 aliphatic heterocycles. The molecule has 2 N–H and O–H groups in total. The first kappa shape index (κ1) is 21.2. The third-order valence-electron chi connectivity index (χ3n) is 4.26. The van der Waals surface area contributed by atoms with Crippen molar-refractivity contribution in [1.82, 2.24) is 4.90 Å². The average Bonchev–Trinajstić information content (AvgIpc) is 2.58. The molecule has 2 aromatic rings. The van der Waals surface area contributed by atoms with Crippen LogP contribution in [0.4, 0.5) is 0 Å². The maximum absolute atomic E-state index is 9.71. The van der Waals surface area contributed by atoms with Crippen molar-refractivity contribution in [1.29, 1.82) is 0 Å². The van der Waals surface area contributed by atoms with Crippen LogP contribution in [0.5, 0.6) is 5.75 Å². The van der Waals surface area contributed by atoms with Crippen molar-refractivity contribution in [2.45, 2.75) is 59.7 Å². The molecule has 0 radical (unpaired) electrons. The van der Waals surface area contributed by atoms with Gasteiger partial charge in [0.2, 0.25) is 0 Å². The molecule has 2 rings (SSSR count). The third-order valence-corrected chi connectivity index (χ3v) is 4.26. The molecule has 0 atom stereocenters. The van der Waals surface area contributed by atoms with Crippen LogP contribution in [0, 0.1) is 0 Å². The zero-order valence-corrected chi connectivity index (χ0v) is 16.2. The highest BCUT2D eigenvalue weighted by molar-refractivity contribution is 5.39. The van der Waals surface area contributed by atoms with Crippen LogP contribution in [0.3, 0.4) is 0 Å². The molecule has 0 spiro atoms. The molecule has 138 valence electrons. The molecule has 0 aliphatic carbocycles. The van der Waals surface area contributed by atoms with E-state index in [4.69, 9.17) is 5.11 Å². The third kappa shape index (κ3) is 7.29. The fourth-order valence-corrected chi connectivity index (χ4v) is 3.02. The van der Waals surface area contributed by atoms with Crippen molar-refractivity contribution in [2.24, 2.45) is 0 Å². The average molecular weight is 344 g/mol. The molecule has 0 saturated carbocycles. The first-order chi connectivity index (χ1) is 11.9. The summed E-state index contributed by atoms with van der Waals surface area (Å²) in [7, 11) is 0. The van der Waals surface area contributed by atoms with Gasteiger partial charge in [0.05, 0.1) is 6.61 Å². The molecule has 0 saturated heterocycles. The number of aliphatic hydroxyl groups excluding tert-OH is 1. The summed E-state index contributed by atoms with van der Waals surface area (Å²) in [6.45, 7) is 12.3. The lowest BCUT2D eigenvalue weighted by molar-refractivity contribution is 0.185. The predicted octanol–water partition coefficient (Wildman–Crippen LogP) is 4.60. The topological polar surface area (TPSA) is 43.7 Å². The van der Waals surface area contributed by atoms with Gasteiger partial charge in [-0.2, -0.15) is 0 Å². The predicted molar refractivity (Wildman–Crippen MR) is 106 cm³/mol. The van der Waals surface area contributed by atoms with E-state index in [1.54, 1.807) is 12.1 Å². The second-order valence-electron chi connectivity index (χ2n) is 6.80. The van der Waals surface area contributed by atoms with E-state index in [0.29, 0.717) is 18.5 Å². The monoisotopic (exact) mass is 343 g/mol. The number of phenolic OH excluding ortho intramolecular Hbond substituents is 1. The number of aliphatic hydroxyl groups is 1. The summed E-state index contributed by atoms with van der Waals surface area (Å²) in [4.78, 5) is 2.46. The minimum atomic E-state index is 0.00205. The Bertz CT molecular complexity index is 601. The molecule has 0 fully saturated rings. The highest BCUT2D eigenvalue weighted by Crippen LogP contribution is 2.21. The first-order valence-corrected chi connectivity index (χ1v) is 9.10. The molecule has 3 nitrogen and oxygen atoms in total. The smallest absolute Gasteiger partial charge is 0.119 e. The summed E-state index contributed by atoms with van der Waals surface area (Å²) < 4.78 is 0. The van der Waals surface area contributed by atoms with Gasteiger partial charge in [-0.1, -0.05) is 43.3 Å². The maximum Gasteiger partial charge on any atom is 0.119 e. The van der Waals surface area contributed by atoms with Crippen molar-refractivity contribution < 1.29 is 10.2 Å². The van der Waals surface area contributed by atoms with Gasteiger partial charge in [-0.05, 0) is 63.1 Å². The summed E-state index contributed by atoms with van der Waals surface area (Å²) in [5.41, 5.74) is 2.81. The Kier molecular flexibility index (Phi) is 9.25. The fourth-order valence-electron chi connectivity index (χ4n) is 3.02. The molecule has 0 unspecified atom stereocenters. The Hall–Kier alpha value is -1.84. The Morgan fingerprint density at radius 2 is 1.48 bits per heavy atom. The van der Waals surface area contributed by atoms with Gasteiger partial charge in [-0.25, -0.2) is 0 Å². The Labute approximate surface area is 152 Å². The number of rotatable bonds is 6. The van der Waals surface area contributed by atoms with E-state index in [9.17, 15) is 5.11 Å². The van der Waals surface area contributed by atoms with Crippen LogP contribution in [0.25, 0.3) is 0 Å². The lowest BCUT2D eigenvalue weighted by Crippen LogP contribution is -2.36. The summed E-state index contributed by atoms with van der Waals surface area (Å²) in [5.74, 6) is 0.279. The minimum absolute atomic E-state index is 0.00205. The van der Waals surface area contributed by atoms with Crippen LogP contribution < -0.4 is 0 Å². The van der Waals surface area contributed by atoms with E-state index < -0.39 is 0 Å². The second-order valence-corrected chi connectivity index (χ2v) is 6.80. The Morgan fingerprint density at radius 3 is 1.92 bits per heavy atom. The van der Waals surface area contributed by atoms with E-state index in [1.165, 1.54) is 0 Å². The molecule has 2 aromatic carbocycles. The van der Waals surface area contributed by atoms with Gasteiger partial charge < -0.3 is 10.2 Å². The molecule has 0 heterocycles. The number of hydrogen-bond donors (Lipinski definition) is 2. The lowest BCUT2D eigenvalue weighted by Gasteiger charge is -2.28. The first-order valence-electron chi connectivity index (χ1n) is 9.10. The molecule has 0 amide bonds. The fraction of sp³-hybridized carbons (Fsp3) is 0.455. The quantitative estimate of drug-likeness (QED) is 0.805. The number of aromatic hydroxyl groups is 1. The van der Waals surface area contributed by atoms with Crippen LogP contribution in [0.1, 0.15) is 51.3 Å². The van der Waals surface area contributed by atoms with E-state index >= 15 is 0 Å². The molecular formula is C22H33NO2. The Balaban J connectivity index is 0.000000299. The summed E-state index contributed by atoms with van der Waals surface area (Å²) >= 11 is 0. The zero-order chi connectivity index (χ0) is 18.8. The lowest BCUT2D eigenvalue weighted by atomic mass is 10.0. The van der Waals surface area contributed by atoms with E-state index in [2.05, 4.69) is 39.5 Å². The van der Waals surface area contributed by atoms with Gasteiger partial charge in [-0.3, -0.25) is 4.90 Å². The highest BCUT2D eigenvalue weighted by atomic mass is 16.3. The van der Waals surface area contributed by atoms with Crippen molar-refractivity contribution >= 4 is 0 Å².